The smallest absolute Gasteiger partial charge is 0.159 e. The molecule has 7 heterocycles. The summed E-state index contributed by atoms with van der Waals surface area (Å²) in [6, 6.07) is 41.1. The van der Waals surface area contributed by atoms with Crippen molar-refractivity contribution < 1.29 is 4.74 Å². The zero-order valence-electron chi connectivity index (χ0n) is 30.7. The summed E-state index contributed by atoms with van der Waals surface area (Å²) in [6.07, 6.45) is 5.40. The lowest BCUT2D eigenvalue weighted by Crippen LogP contribution is -2.15. The van der Waals surface area contributed by atoms with Crippen molar-refractivity contribution >= 4 is 50.6 Å². The standard InChI is InChI=1S/C45H32N10O/c1-52-40(49-33-11-8-22-46-43(33)52)30-26-32(42-51-35-13-10-24-48-45(35)54(42)3)31(41-50-34-12-9-23-47-44(34)53(41)2)25-29(30)27-18-20-28(21-19-27)55-36-14-4-6-16-38(36)56-39-17-7-5-15-37(39)55/h4-26H,1-3H3. The number of aromatic nitrogens is 9. The van der Waals surface area contributed by atoms with Crippen LogP contribution in [0.1, 0.15) is 0 Å². The van der Waals surface area contributed by atoms with Gasteiger partial charge in [-0.1, -0.05) is 36.4 Å². The van der Waals surface area contributed by atoms with Gasteiger partial charge in [-0.05, 0) is 96.1 Å². The minimum absolute atomic E-state index is 0.762. The minimum Gasteiger partial charge on any atom is -0.453 e. The fourth-order valence-electron chi connectivity index (χ4n) is 7.96. The molecule has 6 aromatic heterocycles. The summed E-state index contributed by atoms with van der Waals surface area (Å²) >= 11 is 0. The molecule has 0 spiro atoms. The third-order valence-electron chi connectivity index (χ3n) is 10.6. The van der Waals surface area contributed by atoms with E-state index in [-0.39, 0.29) is 0 Å². The Kier molecular flexibility index (Phi) is 6.93. The number of rotatable bonds is 5. The first-order chi connectivity index (χ1) is 27.5. The van der Waals surface area contributed by atoms with Crippen LogP contribution in [0, 0.1) is 0 Å². The number of pyridine rings is 3. The van der Waals surface area contributed by atoms with Gasteiger partial charge in [-0.25, -0.2) is 29.9 Å². The Morgan fingerprint density at radius 3 is 1.29 bits per heavy atom. The van der Waals surface area contributed by atoms with E-state index in [4.69, 9.17) is 24.7 Å². The van der Waals surface area contributed by atoms with Gasteiger partial charge in [0.15, 0.2) is 28.4 Å². The van der Waals surface area contributed by atoms with E-state index in [1.54, 1.807) is 18.6 Å². The molecule has 1 aliphatic rings. The molecule has 56 heavy (non-hydrogen) atoms. The third-order valence-corrected chi connectivity index (χ3v) is 10.6. The van der Waals surface area contributed by atoms with Crippen LogP contribution in [0.5, 0.6) is 11.5 Å². The topological polar surface area (TPSA) is 105 Å². The number of anilines is 3. The number of para-hydroxylation sites is 4. The van der Waals surface area contributed by atoms with E-state index in [9.17, 15) is 0 Å². The van der Waals surface area contributed by atoms with Gasteiger partial charge in [-0.3, -0.25) is 0 Å². The van der Waals surface area contributed by atoms with Crippen LogP contribution in [-0.4, -0.2) is 43.6 Å². The fourth-order valence-corrected chi connectivity index (χ4v) is 7.96. The average molecular weight is 729 g/mol. The number of ether oxygens (including phenoxy) is 1. The number of hydrogen-bond donors (Lipinski definition) is 0. The Hall–Kier alpha value is -7.66. The maximum atomic E-state index is 6.31. The zero-order valence-corrected chi connectivity index (χ0v) is 30.7. The lowest BCUT2D eigenvalue weighted by atomic mass is 9.92. The van der Waals surface area contributed by atoms with Crippen molar-refractivity contribution in [1.82, 2.24) is 43.6 Å². The van der Waals surface area contributed by atoms with Crippen molar-refractivity contribution in [3.05, 3.63) is 140 Å². The first kappa shape index (κ1) is 31.8. The molecule has 0 atom stereocenters. The maximum absolute atomic E-state index is 6.31. The molecule has 0 radical (unpaired) electrons. The first-order valence-electron chi connectivity index (χ1n) is 18.3. The number of aryl methyl sites for hydroxylation is 3. The van der Waals surface area contributed by atoms with Gasteiger partial charge in [0.2, 0.25) is 0 Å². The van der Waals surface area contributed by atoms with E-state index >= 15 is 0 Å². The average Bonchev–Trinajstić information content (AvgIpc) is 3.89. The molecule has 11 heteroatoms. The number of benzene rings is 4. The van der Waals surface area contributed by atoms with Gasteiger partial charge in [0.1, 0.15) is 34.0 Å². The monoisotopic (exact) mass is 728 g/mol. The Labute approximate surface area is 320 Å². The highest BCUT2D eigenvalue weighted by molar-refractivity contribution is 5.96. The summed E-state index contributed by atoms with van der Waals surface area (Å²) in [4.78, 5) is 31.8. The molecule has 0 aliphatic carbocycles. The van der Waals surface area contributed by atoms with Gasteiger partial charge in [0, 0.05) is 62.1 Å². The van der Waals surface area contributed by atoms with Crippen molar-refractivity contribution in [3.63, 3.8) is 0 Å². The highest BCUT2D eigenvalue weighted by Gasteiger charge is 2.27. The molecule has 0 N–H and O–H groups in total. The van der Waals surface area contributed by atoms with Crippen molar-refractivity contribution in [2.75, 3.05) is 4.90 Å². The molecule has 11 rings (SSSR count). The summed E-state index contributed by atoms with van der Waals surface area (Å²) in [6.45, 7) is 0. The largest absolute Gasteiger partial charge is 0.453 e. The van der Waals surface area contributed by atoms with Crippen molar-refractivity contribution in [3.8, 4) is 56.8 Å². The predicted molar refractivity (Wildman–Crippen MR) is 219 cm³/mol. The summed E-state index contributed by atoms with van der Waals surface area (Å²) in [5, 5.41) is 0. The molecular formula is C45H32N10O. The number of nitrogens with zero attached hydrogens (tertiary/aromatic N) is 10. The van der Waals surface area contributed by atoms with E-state index in [2.05, 4.69) is 68.0 Å². The molecule has 0 unspecified atom stereocenters. The molecule has 0 bridgehead atoms. The fraction of sp³-hybridized carbons (Fsp3) is 0.0667. The highest BCUT2D eigenvalue weighted by atomic mass is 16.5. The SMILES string of the molecule is Cn1c(-c2cc(-c3nc4cccnc4n3C)c(-c3nc4cccnc4n3C)cc2-c2ccc(N3c4ccccc4Oc4ccccc43)cc2)nc2cccnc21. The molecular weight excluding hydrogens is 697 g/mol. The second-order valence-electron chi connectivity index (χ2n) is 13.9. The highest BCUT2D eigenvalue weighted by Crippen LogP contribution is 2.50. The summed E-state index contributed by atoms with van der Waals surface area (Å²) in [5.74, 6) is 3.93. The summed E-state index contributed by atoms with van der Waals surface area (Å²) in [5.41, 5.74) is 12.5. The van der Waals surface area contributed by atoms with E-state index in [1.807, 2.05) is 103 Å². The maximum Gasteiger partial charge on any atom is 0.159 e. The first-order valence-corrected chi connectivity index (χ1v) is 18.3. The molecule has 4 aromatic carbocycles. The van der Waals surface area contributed by atoms with Crippen LogP contribution in [-0.2, 0) is 21.1 Å². The second kappa shape index (κ2) is 12.2. The van der Waals surface area contributed by atoms with Crippen molar-refractivity contribution in [2.45, 2.75) is 0 Å². The van der Waals surface area contributed by atoms with Crippen LogP contribution in [0.25, 0.3) is 78.8 Å². The predicted octanol–water partition coefficient (Wildman–Crippen LogP) is 9.78. The Morgan fingerprint density at radius 2 is 0.839 bits per heavy atom. The van der Waals surface area contributed by atoms with Crippen LogP contribution >= 0.6 is 0 Å². The van der Waals surface area contributed by atoms with Gasteiger partial charge in [0.25, 0.3) is 0 Å². The molecule has 0 saturated carbocycles. The van der Waals surface area contributed by atoms with E-state index in [0.29, 0.717) is 0 Å². The zero-order chi connectivity index (χ0) is 37.5. The van der Waals surface area contributed by atoms with Gasteiger partial charge < -0.3 is 23.3 Å². The van der Waals surface area contributed by atoms with E-state index < -0.39 is 0 Å². The number of fused-ring (bicyclic) bond motifs is 5. The van der Waals surface area contributed by atoms with Crippen molar-refractivity contribution in [2.24, 2.45) is 21.1 Å². The third kappa shape index (κ3) is 4.77. The molecule has 0 saturated heterocycles. The van der Waals surface area contributed by atoms with Crippen LogP contribution in [0.15, 0.2) is 140 Å². The molecule has 268 valence electrons. The minimum atomic E-state index is 0.762. The Bertz CT molecular complexity index is 3130. The van der Waals surface area contributed by atoms with Gasteiger partial charge in [-0.15, -0.1) is 0 Å². The molecule has 0 amide bonds. The Balaban J connectivity index is 1.17. The van der Waals surface area contributed by atoms with Crippen LogP contribution in [0.2, 0.25) is 0 Å². The second-order valence-corrected chi connectivity index (χ2v) is 13.9. The molecule has 1 aliphatic heterocycles. The van der Waals surface area contributed by atoms with Crippen LogP contribution in [0.3, 0.4) is 0 Å². The molecule has 0 fully saturated rings. The van der Waals surface area contributed by atoms with Crippen LogP contribution < -0.4 is 9.64 Å². The quantitative estimate of drug-likeness (QED) is 0.173. The van der Waals surface area contributed by atoms with E-state index in [0.717, 1.165) is 107 Å². The number of imidazole rings is 3. The number of hydrogen-bond acceptors (Lipinski definition) is 8. The Morgan fingerprint density at radius 1 is 0.429 bits per heavy atom. The summed E-state index contributed by atoms with van der Waals surface area (Å²) < 4.78 is 12.5. The van der Waals surface area contributed by atoms with Gasteiger partial charge in [-0.2, -0.15) is 0 Å². The van der Waals surface area contributed by atoms with E-state index in [1.165, 1.54) is 0 Å². The van der Waals surface area contributed by atoms with Gasteiger partial charge >= 0.3 is 0 Å². The summed E-state index contributed by atoms with van der Waals surface area (Å²) in [7, 11) is 6.03. The van der Waals surface area contributed by atoms with Crippen LogP contribution in [0.4, 0.5) is 17.1 Å². The lowest BCUT2D eigenvalue weighted by molar-refractivity contribution is 0.477. The molecule has 11 nitrogen and oxygen atoms in total. The van der Waals surface area contributed by atoms with Gasteiger partial charge in [0.05, 0.1) is 11.4 Å². The van der Waals surface area contributed by atoms with Crippen molar-refractivity contribution in [1.29, 1.82) is 0 Å². The normalized spacial score (nSPS) is 12.3. The lowest BCUT2D eigenvalue weighted by Gasteiger charge is -2.32. The molecule has 10 aromatic rings.